The van der Waals surface area contributed by atoms with Crippen molar-refractivity contribution >= 4 is 5.95 Å². The van der Waals surface area contributed by atoms with Crippen LogP contribution in [-0.2, 0) is 4.74 Å². The topological polar surface area (TPSA) is 39.1 Å². The second-order valence-corrected chi connectivity index (χ2v) is 5.11. The largest absolute Gasteiger partial charge is 0.382 e. The van der Waals surface area contributed by atoms with Crippen molar-refractivity contribution in [2.45, 2.75) is 46.6 Å². The van der Waals surface area contributed by atoms with Crippen LogP contribution in [-0.4, -0.2) is 29.3 Å². The maximum absolute atomic E-state index is 5.32. The number of nitrogens with one attached hydrogen (secondary N) is 1. The third kappa shape index (κ3) is 5.08. The first kappa shape index (κ1) is 15.0. The number of imidazole rings is 1. The SMILES string of the molecule is CCOCCCNc1nccn1C(C)CC(C)C. The molecule has 4 heteroatoms. The van der Waals surface area contributed by atoms with Crippen LogP contribution in [0.25, 0.3) is 0 Å². The second kappa shape index (κ2) is 8.14. The molecule has 0 bridgehead atoms. The van der Waals surface area contributed by atoms with E-state index in [4.69, 9.17) is 4.74 Å². The third-order valence-electron chi connectivity index (χ3n) is 2.91. The van der Waals surface area contributed by atoms with E-state index >= 15 is 0 Å². The summed E-state index contributed by atoms with van der Waals surface area (Å²) in [6.07, 6.45) is 6.10. The van der Waals surface area contributed by atoms with E-state index in [1.165, 1.54) is 6.42 Å². The first-order chi connectivity index (χ1) is 8.65. The average molecular weight is 253 g/mol. The van der Waals surface area contributed by atoms with Crippen LogP contribution in [0.3, 0.4) is 0 Å². The molecule has 1 atom stereocenters. The number of aromatic nitrogens is 2. The van der Waals surface area contributed by atoms with Gasteiger partial charge in [0.25, 0.3) is 0 Å². The zero-order valence-electron chi connectivity index (χ0n) is 12.1. The number of ether oxygens (including phenoxy) is 1. The summed E-state index contributed by atoms with van der Waals surface area (Å²) in [6.45, 7) is 11.3. The highest BCUT2D eigenvalue weighted by Gasteiger charge is 2.10. The molecular weight excluding hydrogens is 226 g/mol. The highest BCUT2D eigenvalue weighted by atomic mass is 16.5. The van der Waals surface area contributed by atoms with Gasteiger partial charge in [-0.25, -0.2) is 4.98 Å². The van der Waals surface area contributed by atoms with E-state index in [1.54, 1.807) is 0 Å². The van der Waals surface area contributed by atoms with Gasteiger partial charge in [-0.2, -0.15) is 0 Å². The molecule has 1 aromatic heterocycles. The Balaban J connectivity index is 2.39. The molecular formula is C14H27N3O. The lowest BCUT2D eigenvalue weighted by Gasteiger charge is -2.18. The van der Waals surface area contributed by atoms with Gasteiger partial charge in [-0.05, 0) is 32.6 Å². The van der Waals surface area contributed by atoms with Crippen LogP contribution in [0.15, 0.2) is 12.4 Å². The Morgan fingerprint density at radius 1 is 1.39 bits per heavy atom. The van der Waals surface area contributed by atoms with E-state index in [0.717, 1.165) is 32.1 Å². The van der Waals surface area contributed by atoms with E-state index < -0.39 is 0 Å². The minimum Gasteiger partial charge on any atom is -0.382 e. The maximum atomic E-state index is 5.32. The van der Waals surface area contributed by atoms with Crippen molar-refractivity contribution in [2.75, 3.05) is 25.1 Å². The molecule has 0 radical (unpaired) electrons. The van der Waals surface area contributed by atoms with E-state index in [9.17, 15) is 0 Å². The summed E-state index contributed by atoms with van der Waals surface area (Å²) in [5.74, 6) is 1.67. The Hall–Kier alpha value is -1.03. The molecule has 1 N–H and O–H groups in total. The summed E-state index contributed by atoms with van der Waals surface area (Å²) in [5.41, 5.74) is 0. The van der Waals surface area contributed by atoms with Crippen LogP contribution >= 0.6 is 0 Å². The Morgan fingerprint density at radius 2 is 2.17 bits per heavy atom. The summed E-state index contributed by atoms with van der Waals surface area (Å²) in [5, 5.41) is 3.38. The fourth-order valence-corrected chi connectivity index (χ4v) is 2.12. The summed E-state index contributed by atoms with van der Waals surface area (Å²) in [6, 6.07) is 0.488. The summed E-state index contributed by atoms with van der Waals surface area (Å²) < 4.78 is 7.54. The van der Waals surface area contributed by atoms with Crippen LogP contribution in [0.1, 0.15) is 46.6 Å². The second-order valence-electron chi connectivity index (χ2n) is 5.11. The molecule has 1 aromatic rings. The molecule has 0 saturated heterocycles. The van der Waals surface area contributed by atoms with Crippen molar-refractivity contribution in [3.63, 3.8) is 0 Å². The van der Waals surface area contributed by atoms with Crippen LogP contribution in [0.2, 0.25) is 0 Å². The number of hydrogen-bond acceptors (Lipinski definition) is 3. The van der Waals surface area contributed by atoms with Crippen molar-refractivity contribution < 1.29 is 4.74 Å². The van der Waals surface area contributed by atoms with Gasteiger partial charge < -0.3 is 14.6 Å². The van der Waals surface area contributed by atoms with Gasteiger partial charge in [0.15, 0.2) is 0 Å². The van der Waals surface area contributed by atoms with Gasteiger partial charge in [0.1, 0.15) is 0 Å². The fourth-order valence-electron chi connectivity index (χ4n) is 2.12. The molecule has 0 aliphatic carbocycles. The van der Waals surface area contributed by atoms with Crippen molar-refractivity contribution in [1.29, 1.82) is 0 Å². The third-order valence-corrected chi connectivity index (χ3v) is 2.91. The molecule has 0 aliphatic rings. The maximum Gasteiger partial charge on any atom is 0.203 e. The molecule has 1 rings (SSSR count). The van der Waals surface area contributed by atoms with E-state index in [1.807, 2.05) is 13.1 Å². The Labute approximate surface area is 111 Å². The van der Waals surface area contributed by atoms with Gasteiger partial charge in [0.05, 0.1) is 0 Å². The van der Waals surface area contributed by atoms with E-state index in [2.05, 4.69) is 41.8 Å². The van der Waals surface area contributed by atoms with E-state index in [0.29, 0.717) is 12.0 Å². The lowest BCUT2D eigenvalue weighted by molar-refractivity contribution is 0.147. The van der Waals surface area contributed by atoms with Crippen molar-refractivity contribution in [3.8, 4) is 0 Å². The first-order valence-electron chi connectivity index (χ1n) is 6.99. The molecule has 18 heavy (non-hydrogen) atoms. The summed E-state index contributed by atoms with van der Waals surface area (Å²) >= 11 is 0. The molecule has 0 fully saturated rings. The van der Waals surface area contributed by atoms with Gasteiger partial charge >= 0.3 is 0 Å². The van der Waals surface area contributed by atoms with Crippen molar-refractivity contribution in [1.82, 2.24) is 9.55 Å². The number of rotatable bonds is 9. The van der Waals surface area contributed by atoms with Crippen LogP contribution < -0.4 is 5.32 Å². The smallest absolute Gasteiger partial charge is 0.203 e. The molecule has 1 heterocycles. The monoisotopic (exact) mass is 253 g/mol. The van der Waals surface area contributed by atoms with Crippen LogP contribution in [0, 0.1) is 5.92 Å². The standard InChI is InChI=1S/C14H27N3O/c1-5-18-10-6-7-15-14-16-8-9-17(14)13(4)11-12(2)3/h8-9,12-13H,5-7,10-11H2,1-4H3,(H,15,16). The van der Waals surface area contributed by atoms with Gasteiger partial charge in [-0.1, -0.05) is 13.8 Å². The van der Waals surface area contributed by atoms with Gasteiger partial charge in [-0.3, -0.25) is 0 Å². The van der Waals surface area contributed by atoms with Crippen molar-refractivity contribution in [3.05, 3.63) is 12.4 Å². The summed E-state index contributed by atoms with van der Waals surface area (Å²) in [4.78, 5) is 4.37. The molecule has 0 saturated carbocycles. The predicted molar refractivity (Wildman–Crippen MR) is 76.0 cm³/mol. The minimum absolute atomic E-state index is 0.488. The Morgan fingerprint density at radius 3 is 2.83 bits per heavy atom. The first-order valence-corrected chi connectivity index (χ1v) is 6.99. The number of hydrogen-bond donors (Lipinski definition) is 1. The Bertz CT molecular complexity index is 323. The molecule has 0 aromatic carbocycles. The van der Waals surface area contributed by atoms with Crippen LogP contribution in [0.4, 0.5) is 5.95 Å². The predicted octanol–water partition coefficient (Wildman–Crippen LogP) is 3.33. The zero-order chi connectivity index (χ0) is 13.4. The molecule has 0 aliphatic heterocycles. The lowest BCUT2D eigenvalue weighted by Crippen LogP contribution is -2.14. The van der Waals surface area contributed by atoms with Gasteiger partial charge in [-0.15, -0.1) is 0 Å². The fraction of sp³-hybridized carbons (Fsp3) is 0.786. The van der Waals surface area contributed by atoms with Crippen LogP contribution in [0.5, 0.6) is 0 Å². The summed E-state index contributed by atoms with van der Waals surface area (Å²) in [7, 11) is 0. The van der Waals surface area contributed by atoms with Gasteiger partial charge in [0, 0.05) is 38.2 Å². The zero-order valence-corrected chi connectivity index (χ0v) is 12.1. The minimum atomic E-state index is 0.488. The van der Waals surface area contributed by atoms with Gasteiger partial charge in [0.2, 0.25) is 5.95 Å². The molecule has 1 unspecified atom stereocenters. The normalized spacial score (nSPS) is 12.9. The van der Waals surface area contributed by atoms with E-state index in [-0.39, 0.29) is 0 Å². The number of nitrogens with zero attached hydrogens (tertiary/aromatic N) is 2. The molecule has 104 valence electrons. The molecule has 0 spiro atoms. The average Bonchev–Trinajstić information content (AvgIpc) is 2.76. The quantitative estimate of drug-likeness (QED) is 0.686. The Kier molecular flexibility index (Phi) is 6.80. The highest BCUT2D eigenvalue weighted by Crippen LogP contribution is 2.20. The van der Waals surface area contributed by atoms with Crippen molar-refractivity contribution in [2.24, 2.45) is 5.92 Å². The molecule has 0 amide bonds. The molecule has 4 nitrogen and oxygen atoms in total. The lowest BCUT2D eigenvalue weighted by atomic mass is 10.1. The number of anilines is 1. The highest BCUT2D eigenvalue weighted by molar-refractivity contribution is 5.26.